The Hall–Kier alpha value is -2.67. The maximum Gasteiger partial charge on any atom is 0.251 e. The fourth-order valence-electron chi connectivity index (χ4n) is 2.06. The van der Waals surface area contributed by atoms with Crippen LogP contribution in [0.4, 0.5) is 11.4 Å². The van der Waals surface area contributed by atoms with Gasteiger partial charge in [-0.1, -0.05) is 15.9 Å². The molecule has 0 spiro atoms. The molecule has 0 heterocycles. The number of carbonyl (C=O) groups is 3. The summed E-state index contributed by atoms with van der Waals surface area (Å²) in [6.45, 7) is 1.65. The molecule has 6 nitrogen and oxygen atoms in total. The minimum Gasteiger partial charge on any atom is -0.352 e. The van der Waals surface area contributed by atoms with Gasteiger partial charge in [-0.3, -0.25) is 14.4 Å². The Morgan fingerprint density at radius 3 is 2.04 bits per heavy atom. The van der Waals surface area contributed by atoms with Crippen LogP contribution < -0.4 is 16.0 Å². The SMILES string of the molecule is CC(=O)Nc1ccc(C(=O)NCCC(=O)Nc2ccc(Br)cc2)cc1. The van der Waals surface area contributed by atoms with Gasteiger partial charge in [-0.25, -0.2) is 0 Å². The highest BCUT2D eigenvalue weighted by atomic mass is 79.9. The van der Waals surface area contributed by atoms with Gasteiger partial charge in [-0.05, 0) is 48.5 Å². The number of rotatable bonds is 6. The van der Waals surface area contributed by atoms with Crippen molar-refractivity contribution in [1.82, 2.24) is 5.32 Å². The van der Waals surface area contributed by atoms with Gasteiger partial charge in [-0.2, -0.15) is 0 Å². The number of halogens is 1. The fraction of sp³-hybridized carbons (Fsp3) is 0.167. The van der Waals surface area contributed by atoms with Crippen molar-refractivity contribution in [1.29, 1.82) is 0 Å². The minimum atomic E-state index is -0.272. The Morgan fingerprint density at radius 2 is 1.44 bits per heavy atom. The van der Waals surface area contributed by atoms with Crippen LogP contribution in [0.1, 0.15) is 23.7 Å². The number of nitrogens with one attached hydrogen (secondary N) is 3. The molecule has 0 bridgehead atoms. The highest BCUT2D eigenvalue weighted by Crippen LogP contribution is 2.14. The van der Waals surface area contributed by atoms with Gasteiger partial charge >= 0.3 is 0 Å². The van der Waals surface area contributed by atoms with Crippen molar-refractivity contribution in [2.45, 2.75) is 13.3 Å². The summed E-state index contributed by atoms with van der Waals surface area (Å²) >= 11 is 3.33. The zero-order chi connectivity index (χ0) is 18.2. The van der Waals surface area contributed by atoms with Crippen LogP contribution in [0.5, 0.6) is 0 Å². The average molecular weight is 404 g/mol. The maximum absolute atomic E-state index is 12.0. The van der Waals surface area contributed by atoms with Crippen molar-refractivity contribution >= 4 is 45.0 Å². The predicted octanol–water partition coefficient (Wildman–Crippen LogP) is 3.17. The molecule has 2 aromatic carbocycles. The number of anilines is 2. The zero-order valence-electron chi connectivity index (χ0n) is 13.6. The topological polar surface area (TPSA) is 87.3 Å². The summed E-state index contributed by atoms with van der Waals surface area (Å²) in [5.41, 5.74) is 1.79. The molecular weight excluding hydrogens is 386 g/mol. The number of amides is 3. The molecule has 2 rings (SSSR count). The molecule has 25 heavy (non-hydrogen) atoms. The van der Waals surface area contributed by atoms with E-state index in [1.54, 1.807) is 36.4 Å². The Labute approximate surface area is 154 Å². The van der Waals surface area contributed by atoms with Gasteiger partial charge in [-0.15, -0.1) is 0 Å². The fourth-order valence-corrected chi connectivity index (χ4v) is 2.32. The van der Waals surface area contributed by atoms with E-state index >= 15 is 0 Å². The largest absolute Gasteiger partial charge is 0.352 e. The molecule has 0 aliphatic carbocycles. The van der Waals surface area contributed by atoms with E-state index in [0.29, 0.717) is 16.9 Å². The Balaban J connectivity index is 1.76. The van der Waals surface area contributed by atoms with Crippen LogP contribution in [0.15, 0.2) is 53.0 Å². The summed E-state index contributed by atoms with van der Waals surface area (Å²) < 4.78 is 0.933. The van der Waals surface area contributed by atoms with Gasteiger partial charge in [0.15, 0.2) is 0 Å². The van der Waals surface area contributed by atoms with Crippen LogP contribution in [0.3, 0.4) is 0 Å². The maximum atomic E-state index is 12.0. The summed E-state index contributed by atoms with van der Waals surface area (Å²) in [5.74, 6) is -0.622. The monoisotopic (exact) mass is 403 g/mol. The molecule has 0 unspecified atom stereocenters. The summed E-state index contributed by atoms with van der Waals surface area (Å²) in [7, 11) is 0. The smallest absolute Gasteiger partial charge is 0.251 e. The van der Waals surface area contributed by atoms with Crippen molar-refractivity contribution in [2.24, 2.45) is 0 Å². The summed E-state index contributed by atoms with van der Waals surface area (Å²) in [5, 5.41) is 8.08. The molecule has 0 saturated heterocycles. The van der Waals surface area contributed by atoms with E-state index in [1.165, 1.54) is 6.92 Å². The van der Waals surface area contributed by atoms with Crippen molar-refractivity contribution in [3.05, 3.63) is 58.6 Å². The summed E-state index contributed by atoms with van der Waals surface area (Å²) in [4.78, 5) is 34.8. The normalized spacial score (nSPS) is 10.0. The first-order chi connectivity index (χ1) is 11.9. The molecule has 7 heteroatoms. The second kappa shape index (κ2) is 8.98. The lowest BCUT2D eigenvalue weighted by Crippen LogP contribution is -2.27. The second-order valence-electron chi connectivity index (χ2n) is 5.32. The van der Waals surface area contributed by atoms with Crippen LogP contribution in [-0.2, 0) is 9.59 Å². The van der Waals surface area contributed by atoms with Gasteiger partial charge in [0.25, 0.3) is 5.91 Å². The van der Waals surface area contributed by atoms with Crippen molar-refractivity contribution in [2.75, 3.05) is 17.2 Å². The number of hydrogen-bond acceptors (Lipinski definition) is 3. The van der Waals surface area contributed by atoms with Crippen LogP contribution >= 0.6 is 15.9 Å². The van der Waals surface area contributed by atoms with E-state index in [-0.39, 0.29) is 30.7 Å². The number of carbonyl (C=O) groups excluding carboxylic acids is 3. The van der Waals surface area contributed by atoms with E-state index < -0.39 is 0 Å². The van der Waals surface area contributed by atoms with Gasteiger partial charge in [0, 0.05) is 41.3 Å². The third-order valence-corrected chi connectivity index (χ3v) is 3.76. The van der Waals surface area contributed by atoms with Gasteiger partial charge in [0.05, 0.1) is 0 Å². The number of benzene rings is 2. The van der Waals surface area contributed by atoms with Crippen LogP contribution in [0.25, 0.3) is 0 Å². The Kier molecular flexibility index (Phi) is 6.71. The molecule has 0 atom stereocenters. The minimum absolute atomic E-state index is 0.172. The van der Waals surface area contributed by atoms with Crippen LogP contribution in [-0.4, -0.2) is 24.3 Å². The quantitative estimate of drug-likeness (QED) is 0.691. The van der Waals surface area contributed by atoms with E-state index in [0.717, 1.165) is 4.47 Å². The van der Waals surface area contributed by atoms with Crippen molar-refractivity contribution in [3.8, 4) is 0 Å². The molecule has 0 aromatic heterocycles. The average Bonchev–Trinajstić information content (AvgIpc) is 2.57. The highest BCUT2D eigenvalue weighted by molar-refractivity contribution is 9.10. The molecule has 0 saturated carbocycles. The van der Waals surface area contributed by atoms with Crippen molar-refractivity contribution < 1.29 is 14.4 Å². The first-order valence-corrected chi connectivity index (χ1v) is 8.44. The Bertz CT molecular complexity index is 758. The van der Waals surface area contributed by atoms with Gasteiger partial charge in [0.2, 0.25) is 11.8 Å². The lowest BCUT2D eigenvalue weighted by atomic mass is 10.2. The van der Waals surface area contributed by atoms with E-state index in [4.69, 9.17) is 0 Å². The summed E-state index contributed by atoms with van der Waals surface area (Å²) in [6, 6.07) is 13.8. The molecule has 0 aliphatic rings. The van der Waals surface area contributed by atoms with Gasteiger partial charge in [0.1, 0.15) is 0 Å². The van der Waals surface area contributed by atoms with Crippen LogP contribution in [0.2, 0.25) is 0 Å². The molecular formula is C18H18BrN3O3. The molecule has 3 N–H and O–H groups in total. The zero-order valence-corrected chi connectivity index (χ0v) is 15.2. The second-order valence-corrected chi connectivity index (χ2v) is 6.24. The molecule has 0 radical (unpaired) electrons. The number of hydrogen-bond donors (Lipinski definition) is 3. The standard InChI is InChI=1S/C18H18BrN3O3/c1-12(23)21-15-6-2-13(3-7-15)18(25)20-11-10-17(24)22-16-8-4-14(19)5-9-16/h2-9H,10-11H2,1H3,(H,20,25)(H,21,23)(H,22,24). The Morgan fingerprint density at radius 1 is 0.880 bits per heavy atom. The van der Waals surface area contributed by atoms with Gasteiger partial charge < -0.3 is 16.0 Å². The van der Waals surface area contributed by atoms with Crippen molar-refractivity contribution in [3.63, 3.8) is 0 Å². The lowest BCUT2D eigenvalue weighted by molar-refractivity contribution is -0.116. The van der Waals surface area contributed by atoms with E-state index in [9.17, 15) is 14.4 Å². The third kappa shape index (κ3) is 6.39. The highest BCUT2D eigenvalue weighted by Gasteiger charge is 2.07. The molecule has 3 amide bonds. The lowest BCUT2D eigenvalue weighted by Gasteiger charge is -2.08. The van der Waals surface area contributed by atoms with E-state index in [1.807, 2.05) is 12.1 Å². The molecule has 2 aromatic rings. The third-order valence-electron chi connectivity index (χ3n) is 3.23. The molecule has 0 aliphatic heterocycles. The molecule has 0 fully saturated rings. The van der Waals surface area contributed by atoms with Crippen LogP contribution in [0, 0.1) is 0 Å². The summed E-state index contributed by atoms with van der Waals surface area (Å²) in [6.07, 6.45) is 0.172. The first kappa shape index (κ1) is 18.7. The molecule has 130 valence electrons. The predicted molar refractivity (Wildman–Crippen MR) is 100 cm³/mol. The first-order valence-electron chi connectivity index (χ1n) is 7.65. The van der Waals surface area contributed by atoms with E-state index in [2.05, 4.69) is 31.9 Å².